The minimum Gasteiger partial charge on any atom is -0.384 e. The summed E-state index contributed by atoms with van der Waals surface area (Å²) < 4.78 is 0. The molecule has 1 unspecified atom stereocenters. The Hall–Kier alpha value is -3.41. The van der Waals surface area contributed by atoms with Crippen molar-refractivity contribution < 1.29 is 0 Å². The standard InChI is InChI=1S/C20H20N6/c1-12-4-3-5-16(23-12)13(2)24-19-11-20(21)25-18-10-14(6-7-15(18)19)17-8-9-22-26-17/h3-11,13H,1-2H3,(H,22,26)(H3,21,24,25). The Morgan fingerprint density at radius 2 is 1.96 bits per heavy atom. The van der Waals surface area contributed by atoms with Crippen LogP contribution in [0.2, 0.25) is 0 Å². The van der Waals surface area contributed by atoms with E-state index in [9.17, 15) is 0 Å². The molecule has 4 N–H and O–H groups in total. The summed E-state index contributed by atoms with van der Waals surface area (Å²) in [5.41, 5.74) is 11.8. The van der Waals surface area contributed by atoms with Gasteiger partial charge in [0.05, 0.1) is 22.9 Å². The second-order valence-electron chi connectivity index (χ2n) is 6.37. The lowest BCUT2D eigenvalue weighted by molar-refractivity contribution is 0.833. The molecule has 130 valence electrons. The number of nitrogens with zero attached hydrogens (tertiary/aromatic N) is 3. The smallest absolute Gasteiger partial charge is 0.126 e. The highest BCUT2D eigenvalue weighted by Crippen LogP contribution is 2.30. The van der Waals surface area contributed by atoms with E-state index in [-0.39, 0.29) is 6.04 Å². The number of aromatic amines is 1. The quantitative estimate of drug-likeness (QED) is 0.519. The Kier molecular flexibility index (Phi) is 4.01. The lowest BCUT2D eigenvalue weighted by Gasteiger charge is -2.17. The molecule has 0 amide bonds. The molecule has 4 rings (SSSR count). The third kappa shape index (κ3) is 3.09. The predicted molar refractivity (Wildman–Crippen MR) is 105 cm³/mol. The number of rotatable bonds is 4. The van der Waals surface area contributed by atoms with Crippen LogP contribution in [0.3, 0.4) is 0 Å². The van der Waals surface area contributed by atoms with Gasteiger partial charge in [0.1, 0.15) is 5.82 Å². The van der Waals surface area contributed by atoms with Crippen LogP contribution in [0.15, 0.2) is 54.7 Å². The van der Waals surface area contributed by atoms with Gasteiger partial charge in [-0.1, -0.05) is 18.2 Å². The third-order valence-corrected chi connectivity index (χ3v) is 4.37. The van der Waals surface area contributed by atoms with Crippen molar-refractivity contribution >= 4 is 22.4 Å². The van der Waals surface area contributed by atoms with Crippen molar-refractivity contribution in [2.75, 3.05) is 11.1 Å². The molecule has 0 aliphatic rings. The van der Waals surface area contributed by atoms with Gasteiger partial charge in [-0.3, -0.25) is 10.1 Å². The molecule has 6 nitrogen and oxygen atoms in total. The van der Waals surface area contributed by atoms with Crippen LogP contribution in [0.25, 0.3) is 22.2 Å². The van der Waals surface area contributed by atoms with E-state index in [1.807, 2.05) is 43.3 Å². The molecule has 26 heavy (non-hydrogen) atoms. The van der Waals surface area contributed by atoms with E-state index >= 15 is 0 Å². The number of nitrogens with two attached hydrogens (primary N) is 1. The average molecular weight is 344 g/mol. The maximum atomic E-state index is 6.05. The van der Waals surface area contributed by atoms with E-state index in [4.69, 9.17) is 5.73 Å². The molecule has 4 aromatic rings. The van der Waals surface area contributed by atoms with Gasteiger partial charge in [-0.05, 0) is 38.1 Å². The van der Waals surface area contributed by atoms with Crippen LogP contribution in [0.4, 0.5) is 11.5 Å². The summed E-state index contributed by atoms with van der Waals surface area (Å²) >= 11 is 0. The van der Waals surface area contributed by atoms with Crippen molar-refractivity contribution in [1.82, 2.24) is 20.2 Å². The molecule has 6 heteroatoms. The number of aromatic nitrogens is 4. The topological polar surface area (TPSA) is 92.5 Å². The fraction of sp³-hybridized carbons (Fsp3) is 0.150. The van der Waals surface area contributed by atoms with Crippen molar-refractivity contribution in [3.05, 3.63) is 66.1 Å². The summed E-state index contributed by atoms with van der Waals surface area (Å²) in [6.07, 6.45) is 1.73. The minimum absolute atomic E-state index is 0.0483. The molecule has 0 saturated carbocycles. The van der Waals surface area contributed by atoms with Gasteiger partial charge in [0.2, 0.25) is 0 Å². The van der Waals surface area contributed by atoms with Gasteiger partial charge in [0, 0.05) is 34.6 Å². The lowest BCUT2D eigenvalue weighted by atomic mass is 10.1. The Balaban J connectivity index is 1.73. The Labute approximate surface area is 151 Å². The molecule has 3 aromatic heterocycles. The molecular weight excluding hydrogens is 324 g/mol. The Bertz CT molecular complexity index is 1060. The number of hydrogen-bond acceptors (Lipinski definition) is 5. The number of nitrogens with one attached hydrogen (secondary N) is 2. The monoisotopic (exact) mass is 344 g/mol. The number of hydrogen-bond donors (Lipinski definition) is 3. The van der Waals surface area contributed by atoms with Gasteiger partial charge in [0.15, 0.2) is 0 Å². The normalized spacial score (nSPS) is 12.2. The van der Waals surface area contributed by atoms with Crippen molar-refractivity contribution in [2.24, 2.45) is 0 Å². The zero-order valence-electron chi connectivity index (χ0n) is 14.7. The maximum Gasteiger partial charge on any atom is 0.126 e. The van der Waals surface area contributed by atoms with Gasteiger partial charge < -0.3 is 11.1 Å². The van der Waals surface area contributed by atoms with E-state index in [2.05, 4.69) is 44.5 Å². The first-order valence-electron chi connectivity index (χ1n) is 8.50. The second-order valence-corrected chi connectivity index (χ2v) is 6.37. The third-order valence-electron chi connectivity index (χ3n) is 4.37. The predicted octanol–water partition coefficient (Wildman–Crippen LogP) is 4.08. The number of aryl methyl sites for hydroxylation is 1. The van der Waals surface area contributed by atoms with Gasteiger partial charge in [-0.15, -0.1) is 0 Å². The number of nitrogen functional groups attached to an aromatic ring is 1. The van der Waals surface area contributed by atoms with Crippen molar-refractivity contribution in [1.29, 1.82) is 0 Å². The molecule has 0 bridgehead atoms. The molecule has 3 heterocycles. The average Bonchev–Trinajstić information content (AvgIpc) is 3.15. The van der Waals surface area contributed by atoms with Crippen LogP contribution in [-0.2, 0) is 0 Å². The molecule has 0 fully saturated rings. The van der Waals surface area contributed by atoms with Crippen LogP contribution in [0.1, 0.15) is 24.4 Å². The van der Waals surface area contributed by atoms with E-state index < -0.39 is 0 Å². The van der Waals surface area contributed by atoms with Crippen LogP contribution in [-0.4, -0.2) is 20.2 Å². The zero-order valence-corrected chi connectivity index (χ0v) is 14.7. The molecule has 1 atom stereocenters. The fourth-order valence-electron chi connectivity index (χ4n) is 3.06. The van der Waals surface area contributed by atoms with E-state index in [0.29, 0.717) is 5.82 Å². The van der Waals surface area contributed by atoms with Gasteiger partial charge in [-0.2, -0.15) is 5.10 Å². The summed E-state index contributed by atoms with van der Waals surface area (Å²) in [6.45, 7) is 4.08. The highest BCUT2D eigenvalue weighted by atomic mass is 15.1. The van der Waals surface area contributed by atoms with Gasteiger partial charge in [-0.25, -0.2) is 4.98 Å². The fourth-order valence-corrected chi connectivity index (χ4v) is 3.06. The molecule has 0 aliphatic heterocycles. The first kappa shape index (κ1) is 16.1. The SMILES string of the molecule is Cc1cccc(C(C)Nc2cc(N)nc3cc(-c4ccn[nH]4)ccc23)n1. The van der Waals surface area contributed by atoms with E-state index in [1.54, 1.807) is 6.20 Å². The molecule has 0 aliphatic carbocycles. The van der Waals surface area contributed by atoms with E-state index in [0.717, 1.165) is 39.2 Å². The minimum atomic E-state index is 0.0483. The van der Waals surface area contributed by atoms with Gasteiger partial charge >= 0.3 is 0 Å². The Morgan fingerprint density at radius 1 is 1.08 bits per heavy atom. The number of pyridine rings is 2. The van der Waals surface area contributed by atoms with Gasteiger partial charge in [0.25, 0.3) is 0 Å². The maximum absolute atomic E-state index is 6.05. The molecule has 0 saturated heterocycles. The number of fused-ring (bicyclic) bond motifs is 1. The number of anilines is 2. The summed E-state index contributed by atoms with van der Waals surface area (Å²) in [5, 5.41) is 11.5. The zero-order chi connectivity index (χ0) is 18.1. The van der Waals surface area contributed by atoms with Crippen molar-refractivity contribution in [3.63, 3.8) is 0 Å². The van der Waals surface area contributed by atoms with Crippen molar-refractivity contribution in [2.45, 2.75) is 19.9 Å². The highest BCUT2D eigenvalue weighted by Gasteiger charge is 2.12. The highest BCUT2D eigenvalue weighted by molar-refractivity contribution is 5.95. The van der Waals surface area contributed by atoms with Crippen LogP contribution >= 0.6 is 0 Å². The summed E-state index contributed by atoms with van der Waals surface area (Å²) in [5.74, 6) is 0.478. The van der Waals surface area contributed by atoms with Crippen LogP contribution < -0.4 is 11.1 Å². The first-order chi connectivity index (χ1) is 12.6. The molecular formula is C20H20N6. The largest absolute Gasteiger partial charge is 0.384 e. The van der Waals surface area contributed by atoms with Crippen LogP contribution in [0.5, 0.6) is 0 Å². The molecule has 0 radical (unpaired) electrons. The summed E-state index contributed by atoms with van der Waals surface area (Å²) in [7, 11) is 0. The number of benzene rings is 1. The summed E-state index contributed by atoms with van der Waals surface area (Å²) in [6, 6.07) is 16.0. The second kappa shape index (κ2) is 6.48. The van der Waals surface area contributed by atoms with Crippen molar-refractivity contribution in [3.8, 4) is 11.3 Å². The lowest BCUT2D eigenvalue weighted by Crippen LogP contribution is -2.10. The van der Waals surface area contributed by atoms with Crippen LogP contribution in [0, 0.1) is 6.92 Å². The molecule has 0 spiro atoms. The first-order valence-corrected chi connectivity index (χ1v) is 8.50. The number of H-pyrrole nitrogens is 1. The molecule has 1 aromatic carbocycles. The Morgan fingerprint density at radius 3 is 2.73 bits per heavy atom. The van der Waals surface area contributed by atoms with E-state index in [1.165, 1.54) is 0 Å². The summed E-state index contributed by atoms with van der Waals surface area (Å²) in [4.78, 5) is 9.09.